The summed E-state index contributed by atoms with van der Waals surface area (Å²) in [6, 6.07) is 7.37. The molecule has 3 nitrogen and oxygen atoms in total. The van der Waals surface area contributed by atoms with Crippen molar-refractivity contribution in [1.29, 1.82) is 0 Å². The average Bonchev–Trinajstić information content (AvgIpc) is 2.35. The summed E-state index contributed by atoms with van der Waals surface area (Å²) >= 11 is 0. The quantitative estimate of drug-likeness (QED) is 0.820. The lowest BCUT2D eigenvalue weighted by molar-refractivity contribution is -0.0412. The van der Waals surface area contributed by atoms with Gasteiger partial charge >= 0.3 is 0 Å². The molecule has 0 radical (unpaired) electrons. The minimum Gasteiger partial charge on any atom is -0.399 e. The van der Waals surface area contributed by atoms with E-state index in [0.717, 1.165) is 30.2 Å². The number of benzene rings is 1. The molecule has 1 fully saturated rings. The van der Waals surface area contributed by atoms with Crippen molar-refractivity contribution in [1.82, 2.24) is 0 Å². The van der Waals surface area contributed by atoms with Gasteiger partial charge in [-0.15, -0.1) is 0 Å². The Morgan fingerprint density at radius 1 is 1.26 bits per heavy atom. The Morgan fingerprint density at radius 2 is 1.95 bits per heavy atom. The van der Waals surface area contributed by atoms with Crippen LogP contribution < -0.4 is 5.73 Å². The van der Waals surface area contributed by atoms with Crippen LogP contribution in [0, 0.1) is 11.8 Å². The first-order valence-corrected chi connectivity index (χ1v) is 7.19. The summed E-state index contributed by atoms with van der Waals surface area (Å²) < 4.78 is 5.89. The molecule has 106 valence electrons. The molecular formula is C16H25NO2. The number of rotatable bonds is 4. The summed E-state index contributed by atoms with van der Waals surface area (Å²) in [4.78, 5) is 0. The van der Waals surface area contributed by atoms with Crippen LogP contribution in [0.25, 0.3) is 0 Å². The minimum absolute atomic E-state index is 0.287. The van der Waals surface area contributed by atoms with E-state index in [9.17, 15) is 5.11 Å². The van der Waals surface area contributed by atoms with Crippen molar-refractivity contribution < 1.29 is 9.84 Å². The van der Waals surface area contributed by atoms with E-state index in [1.807, 2.05) is 18.2 Å². The van der Waals surface area contributed by atoms with E-state index in [1.54, 1.807) is 6.07 Å². The van der Waals surface area contributed by atoms with E-state index in [-0.39, 0.29) is 6.10 Å². The standard InChI is InChI=1S/C16H25NO2/c1-11-6-12(2)8-15(7-11)19-10-16(18)13-4-3-5-14(17)9-13/h3-5,9,11-12,15-16,18H,6-8,10,17H2,1-2H3. The molecule has 0 amide bonds. The SMILES string of the molecule is CC1CC(C)CC(OCC(O)c2cccc(N)c2)C1. The second-order valence-corrected chi connectivity index (χ2v) is 6.06. The average molecular weight is 263 g/mol. The van der Waals surface area contributed by atoms with Crippen LogP contribution in [0.1, 0.15) is 44.8 Å². The number of nitrogen functional groups attached to an aromatic ring is 1. The molecule has 3 atom stereocenters. The topological polar surface area (TPSA) is 55.5 Å². The first-order chi connectivity index (χ1) is 9.04. The zero-order valence-corrected chi connectivity index (χ0v) is 11.9. The second-order valence-electron chi connectivity index (χ2n) is 6.06. The molecule has 0 heterocycles. The highest BCUT2D eigenvalue weighted by Crippen LogP contribution is 2.31. The third-order valence-electron chi connectivity index (χ3n) is 3.92. The largest absolute Gasteiger partial charge is 0.399 e. The highest BCUT2D eigenvalue weighted by molar-refractivity contribution is 5.41. The lowest BCUT2D eigenvalue weighted by Gasteiger charge is -2.31. The summed E-state index contributed by atoms with van der Waals surface area (Å²) in [5.41, 5.74) is 7.23. The van der Waals surface area contributed by atoms with Crippen LogP contribution in [0.15, 0.2) is 24.3 Å². The Kier molecular flexibility index (Phi) is 4.83. The molecule has 0 spiro atoms. The number of hydrogen-bond donors (Lipinski definition) is 2. The van der Waals surface area contributed by atoms with Crippen molar-refractivity contribution in [2.45, 2.75) is 45.3 Å². The Balaban J connectivity index is 1.84. The molecular weight excluding hydrogens is 238 g/mol. The van der Waals surface area contributed by atoms with Crippen LogP contribution in [0.2, 0.25) is 0 Å². The molecule has 3 heteroatoms. The van der Waals surface area contributed by atoms with Gasteiger partial charge in [0.2, 0.25) is 0 Å². The summed E-state index contributed by atoms with van der Waals surface area (Å²) in [7, 11) is 0. The number of aliphatic hydroxyl groups is 1. The van der Waals surface area contributed by atoms with Gasteiger partial charge in [-0.25, -0.2) is 0 Å². The van der Waals surface area contributed by atoms with Crippen molar-refractivity contribution in [3.05, 3.63) is 29.8 Å². The maximum Gasteiger partial charge on any atom is 0.102 e. The van der Waals surface area contributed by atoms with E-state index in [2.05, 4.69) is 13.8 Å². The molecule has 2 rings (SSSR count). The van der Waals surface area contributed by atoms with E-state index < -0.39 is 6.10 Å². The maximum atomic E-state index is 10.1. The molecule has 1 aromatic rings. The predicted molar refractivity (Wildman–Crippen MR) is 77.7 cm³/mol. The van der Waals surface area contributed by atoms with E-state index in [1.165, 1.54) is 6.42 Å². The number of hydrogen-bond acceptors (Lipinski definition) is 3. The van der Waals surface area contributed by atoms with E-state index in [0.29, 0.717) is 12.3 Å². The maximum absolute atomic E-state index is 10.1. The number of aliphatic hydroxyl groups excluding tert-OH is 1. The lowest BCUT2D eigenvalue weighted by Crippen LogP contribution is -2.27. The van der Waals surface area contributed by atoms with Gasteiger partial charge in [0.25, 0.3) is 0 Å². The zero-order valence-electron chi connectivity index (χ0n) is 11.9. The monoisotopic (exact) mass is 263 g/mol. The van der Waals surface area contributed by atoms with Gasteiger partial charge in [0, 0.05) is 5.69 Å². The lowest BCUT2D eigenvalue weighted by atomic mass is 9.82. The van der Waals surface area contributed by atoms with Gasteiger partial charge in [-0.1, -0.05) is 26.0 Å². The van der Waals surface area contributed by atoms with Gasteiger partial charge in [-0.2, -0.15) is 0 Å². The van der Waals surface area contributed by atoms with Gasteiger partial charge in [-0.3, -0.25) is 0 Å². The molecule has 0 aliphatic heterocycles. The van der Waals surface area contributed by atoms with Crippen molar-refractivity contribution in [2.24, 2.45) is 11.8 Å². The Morgan fingerprint density at radius 3 is 2.58 bits per heavy atom. The van der Waals surface area contributed by atoms with Crippen LogP contribution in [-0.4, -0.2) is 17.8 Å². The Labute approximate surface area is 115 Å². The third-order valence-corrected chi connectivity index (χ3v) is 3.92. The summed E-state index contributed by atoms with van der Waals surface area (Å²) in [5, 5.41) is 10.1. The molecule has 19 heavy (non-hydrogen) atoms. The highest BCUT2D eigenvalue weighted by atomic mass is 16.5. The van der Waals surface area contributed by atoms with Crippen LogP contribution in [0.4, 0.5) is 5.69 Å². The van der Waals surface area contributed by atoms with Crippen LogP contribution in [-0.2, 0) is 4.74 Å². The van der Waals surface area contributed by atoms with Gasteiger partial charge in [0.05, 0.1) is 12.7 Å². The molecule has 0 saturated heterocycles. The number of anilines is 1. The molecule has 1 aromatic carbocycles. The molecule has 0 aromatic heterocycles. The van der Waals surface area contributed by atoms with Crippen molar-refractivity contribution >= 4 is 5.69 Å². The highest BCUT2D eigenvalue weighted by Gasteiger charge is 2.25. The molecule has 1 saturated carbocycles. The smallest absolute Gasteiger partial charge is 0.102 e. The molecule has 3 unspecified atom stereocenters. The second kappa shape index (κ2) is 6.40. The molecule has 0 bridgehead atoms. The summed E-state index contributed by atoms with van der Waals surface area (Å²) in [6.07, 6.45) is 3.20. The molecule has 3 N–H and O–H groups in total. The van der Waals surface area contributed by atoms with Crippen LogP contribution in [0.3, 0.4) is 0 Å². The number of nitrogens with two attached hydrogens (primary N) is 1. The van der Waals surface area contributed by atoms with Gasteiger partial charge < -0.3 is 15.6 Å². The minimum atomic E-state index is -0.587. The van der Waals surface area contributed by atoms with Crippen molar-refractivity contribution in [3.63, 3.8) is 0 Å². The fraction of sp³-hybridized carbons (Fsp3) is 0.625. The normalized spacial score (nSPS) is 29.1. The van der Waals surface area contributed by atoms with Crippen molar-refractivity contribution in [2.75, 3.05) is 12.3 Å². The zero-order chi connectivity index (χ0) is 13.8. The van der Waals surface area contributed by atoms with Gasteiger partial charge in [0.1, 0.15) is 6.10 Å². The van der Waals surface area contributed by atoms with Gasteiger partial charge in [-0.05, 0) is 48.8 Å². The van der Waals surface area contributed by atoms with Crippen LogP contribution >= 0.6 is 0 Å². The number of ether oxygens (including phenoxy) is 1. The fourth-order valence-corrected chi connectivity index (χ4v) is 3.10. The van der Waals surface area contributed by atoms with Gasteiger partial charge in [0.15, 0.2) is 0 Å². The van der Waals surface area contributed by atoms with Crippen LogP contribution in [0.5, 0.6) is 0 Å². The summed E-state index contributed by atoms with van der Waals surface area (Å²) in [5.74, 6) is 1.44. The fourth-order valence-electron chi connectivity index (χ4n) is 3.10. The molecule has 1 aliphatic carbocycles. The third kappa shape index (κ3) is 4.22. The first kappa shape index (κ1) is 14.4. The predicted octanol–water partition coefficient (Wildman–Crippen LogP) is 3.14. The Hall–Kier alpha value is -1.06. The summed E-state index contributed by atoms with van der Waals surface area (Å²) in [6.45, 7) is 4.91. The van der Waals surface area contributed by atoms with E-state index >= 15 is 0 Å². The Bertz CT molecular complexity index is 397. The van der Waals surface area contributed by atoms with E-state index in [4.69, 9.17) is 10.5 Å². The first-order valence-electron chi connectivity index (χ1n) is 7.19. The van der Waals surface area contributed by atoms with Crippen molar-refractivity contribution in [3.8, 4) is 0 Å². The molecule has 1 aliphatic rings.